The second kappa shape index (κ2) is 5.16. The van der Waals surface area contributed by atoms with Crippen molar-refractivity contribution in [2.24, 2.45) is 0 Å². The number of nitrogens with one attached hydrogen (secondary N) is 1. The summed E-state index contributed by atoms with van der Waals surface area (Å²) in [6.07, 6.45) is 1.06. The molecule has 0 aliphatic rings. The molecule has 0 aromatic heterocycles. The summed E-state index contributed by atoms with van der Waals surface area (Å²) in [5.41, 5.74) is 0.720. The Bertz CT molecular complexity index is 549. The van der Waals surface area contributed by atoms with Crippen molar-refractivity contribution in [3.63, 3.8) is 0 Å². The average Bonchev–Trinajstić information content (AvgIpc) is 2.36. The van der Waals surface area contributed by atoms with Crippen molar-refractivity contribution < 1.29 is 9.53 Å². The first-order valence-electron chi connectivity index (χ1n) is 5.33. The van der Waals surface area contributed by atoms with Crippen LogP contribution in [-0.2, 0) is 4.74 Å². The fraction of sp³-hybridized carbons (Fsp3) is 0.0714. The Kier molecular flexibility index (Phi) is 3.40. The molecule has 17 heavy (non-hydrogen) atoms. The van der Waals surface area contributed by atoms with E-state index in [1.165, 1.54) is 6.08 Å². The molecule has 2 aromatic carbocycles. The quantitative estimate of drug-likeness (QED) is 0.814. The van der Waals surface area contributed by atoms with E-state index in [1.807, 2.05) is 42.5 Å². The van der Waals surface area contributed by atoms with Crippen molar-refractivity contribution in [2.75, 3.05) is 11.9 Å². The Morgan fingerprint density at radius 3 is 2.76 bits per heavy atom. The lowest BCUT2D eigenvalue weighted by Gasteiger charge is -2.06. The molecule has 86 valence electrons. The number of amides is 1. The van der Waals surface area contributed by atoms with Gasteiger partial charge in [0.1, 0.15) is 6.61 Å². The molecule has 0 bridgehead atoms. The summed E-state index contributed by atoms with van der Waals surface area (Å²) < 4.78 is 4.84. The van der Waals surface area contributed by atoms with Crippen LogP contribution in [0, 0.1) is 0 Å². The van der Waals surface area contributed by atoms with Crippen LogP contribution < -0.4 is 5.32 Å². The van der Waals surface area contributed by atoms with Gasteiger partial charge < -0.3 is 4.74 Å². The third-order valence-electron chi connectivity index (χ3n) is 2.33. The monoisotopic (exact) mass is 227 g/mol. The predicted octanol–water partition coefficient (Wildman–Crippen LogP) is 3.57. The number of anilines is 1. The van der Waals surface area contributed by atoms with E-state index in [-0.39, 0.29) is 6.61 Å². The molecular formula is C14H13NO2. The van der Waals surface area contributed by atoms with Gasteiger partial charge in [-0.15, -0.1) is 0 Å². The number of ether oxygens (including phenoxy) is 1. The van der Waals surface area contributed by atoms with Gasteiger partial charge in [-0.3, -0.25) is 5.32 Å². The lowest BCUT2D eigenvalue weighted by molar-refractivity contribution is 0.174. The van der Waals surface area contributed by atoms with E-state index in [9.17, 15) is 4.79 Å². The third kappa shape index (κ3) is 2.84. The number of carbonyl (C=O) groups excluding carboxylic acids is 1. The van der Waals surface area contributed by atoms with Crippen molar-refractivity contribution in [3.05, 3.63) is 55.1 Å². The van der Waals surface area contributed by atoms with E-state index < -0.39 is 6.09 Å². The third-order valence-corrected chi connectivity index (χ3v) is 2.33. The molecule has 0 saturated heterocycles. The summed E-state index contributed by atoms with van der Waals surface area (Å²) in [5, 5.41) is 4.87. The maximum absolute atomic E-state index is 11.3. The summed E-state index contributed by atoms with van der Waals surface area (Å²) in [7, 11) is 0. The SMILES string of the molecule is C=CCOC(=O)Nc1ccc2ccccc2c1. The van der Waals surface area contributed by atoms with Crippen LogP contribution >= 0.6 is 0 Å². The summed E-state index contributed by atoms with van der Waals surface area (Å²) in [6, 6.07) is 13.7. The van der Waals surface area contributed by atoms with E-state index in [1.54, 1.807) is 0 Å². The van der Waals surface area contributed by atoms with Gasteiger partial charge in [0.25, 0.3) is 0 Å². The fourth-order valence-electron chi connectivity index (χ4n) is 1.56. The molecule has 3 heteroatoms. The molecule has 0 heterocycles. The number of rotatable bonds is 3. The molecular weight excluding hydrogens is 214 g/mol. The van der Waals surface area contributed by atoms with Crippen LogP contribution in [0.4, 0.5) is 10.5 Å². The normalized spacial score (nSPS) is 9.88. The van der Waals surface area contributed by atoms with Crippen molar-refractivity contribution in [3.8, 4) is 0 Å². The minimum Gasteiger partial charge on any atom is -0.445 e. The number of benzene rings is 2. The van der Waals surface area contributed by atoms with Gasteiger partial charge in [0, 0.05) is 5.69 Å². The smallest absolute Gasteiger partial charge is 0.411 e. The second-order valence-corrected chi connectivity index (χ2v) is 3.57. The lowest BCUT2D eigenvalue weighted by Crippen LogP contribution is -2.13. The largest absolute Gasteiger partial charge is 0.445 e. The molecule has 1 amide bonds. The van der Waals surface area contributed by atoms with E-state index >= 15 is 0 Å². The van der Waals surface area contributed by atoms with Gasteiger partial charge in [-0.1, -0.05) is 43.0 Å². The molecule has 2 aromatic rings. The zero-order valence-corrected chi connectivity index (χ0v) is 9.35. The van der Waals surface area contributed by atoms with Gasteiger partial charge in [0.2, 0.25) is 0 Å². The topological polar surface area (TPSA) is 38.3 Å². The maximum Gasteiger partial charge on any atom is 0.411 e. The van der Waals surface area contributed by atoms with Crippen molar-refractivity contribution in [1.29, 1.82) is 0 Å². The first-order valence-corrected chi connectivity index (χ1v) is 5.33. The zero-order chi connectivity index (χ0) is 12.1. The zero-order valence-electron chi connectivity index (χ0n) is 9.35. The van der Waals surface area contributed by atoms with Crippen LogP contribution in [0.25, 0.3) is 10.8 Å². The van der Waals surface area contributed by atoms with Gasteiger partial charge in [-0.05, 0) is 22.9 Å². The van der Waals surface area contributed by atoms with E-state index in [4.69, 9.17) is 4.74 Å². The maximum atomic E-state index is 11.3. The van der Waals surface area contributed by atoms with E-state index in [2.05, 4.69) is 11.9 Å². The van der Waals surface area contributed by atoms with E-state index in [0.717, 1.165) is 16.5 Å². The van der Waals surface area contributed by atoms with Crippen molar-refractivity contribution in [2.45, 2.75) is 0 Å². The van der Waals surface area contributed by atoms with Gasteiger partial charge >= 0.3 is 6.09 Å². The van der Waals surface area contributed by atoms with E-state index in [0.29, 0.717) is 0 Å². The van der Waals surface area contributed by atoms with Crippen molar-refractivity contribution >= 4 is 22.6 Å². The summed E-state index contributed by atoms with van der Waals surface area (Å²) >= 11 is 0. The molecule has 0 saturated carbocycles. The Labute approximate surface area is 99.7 Å². The van der Waals surface area contributed by atoms with Gasteiger partial charge in [-0.2, -0.15) is 0 Å². The molecule has 0 fully saturated rings. The van der Waals surface area contributed by atoms with Gasteiger partial charge in [-0.25, -0.2) is 4.79 Å². The Morgan fingerprint density at radius 2 is 2.00 bits per heavy atom. The molecule has 1 N–H and O–H groups in total. The highest BCUT2D eigenvalue weighted by molar-refractivity contribution is 5.91. The summed E-state index contributed by atoms with van der Waals surface area (Å²) in [6.45, 7) is 3.68. The molecule has 3 nitrogen and oxygen atoms in total. The minimum absolute atomic E-state index is 0.208. The Morgan fingerprint density at radius 1 is 1.24 bits per heavy atom. The molecule has 0 atom stereocenters. The molecule has 0 aliphatic heterocycles. The van der Waals surface area contributed by atoms with Crippen LogP contribution in [0.1, 0.15) is 0 Å². The lowest BCUT2D eigenvalue weighted by atomic mass is 10.1. The summed E-state index contributed by atoms with van der Waals surface area (Å²) in [5.74, 6) is 0. The van der Waals surface area contributed by atoms with Crippen LogP contribution in [0.2, 0.25) is 0 Å². The average molecular weight is 227 g/mol. The number of carbonyl (C=O) groups is 1. The highest BCUT2D eigenvalue weighted by Crippen LogP contribution is 2.18. The predicted molar refractivity (Wildman–Crippen MR) is 69.1 cm³/mol. The highest BCUT2D eigenvalue weighted by Gasteiger charge is 2.02. The number of fused-ring (bicyclic) bond motifs is 1. The number of hydrogen-bond acceptors (Lipinski definition) is 2. The van der Waals surface area contributed by atoms with Gasteiger partial charge in [0.05, 0.1) is 0 Å². The highest BCUT2D eigenvalue weighted by atomic mass is 16.5. The number of hydrogen-bond donors (Lipinski definition) is 1. The van der Waals surface area contributed by atoms with Crippen LogP contribution in [0.5, 0.6) is 0 Å². The summed E-state index contributed by atoms with van der Waals surface area (Å²) in [4.78, 5) is 11.3. The molecule has 0 unspecified atom stereocenters. The Balaban J connectivity index is 2.13. The van der Waals surface area contributed by atoms with Crippen molar-refractivity contribution in [1.82, 2.24) is 0 Å². The molecule has 0 aliphatic carbocycles. The Hall–Kier alpha value is -2.29. The second-order valence-electron chi connectivity index (χ2n) is 3.57. The standard InChI is InChI=1S/C14H13NO2/c1-2-9-17-14(16)15-13-8-7-11-5-3-4-6-12(11)10-13/h2-8,10H,1,9H2,(H,15,16). The molecule has 2 rings (SSSR count). The van der Waals surface area contributed by atoms with Crippen LogP contribution in [0.15, 0.2) is 55.1 Å². The first kappa shape index (κ1) is 11.2. The van der Waals surface area contributed by atoms with Crippen LogP contribution in [-0.4, -0.2) is 12.7 Å². The fourth-order valence-corrected chi connectivity index (χ4v) is 1.56. The van der Waals surface area contributed by atoms with Gasteiger partial charge in [0.15, 0.2) is 0 Å². The first-order chi connectivity index (χ1) is 8.29. The molecule has 0 radical (unpaired) electrons. The minimum atomic E-state index is -0.472. The molecule has 0 spiro atoms. The van der Waals surface area contributed by atoms with Crippen LogP contribution in [0.3, 0.4) is 0 Å².